The quantitative estimate of drug-likeness (QED) is 0.217. The van der Waals surface area contributed by atoms with Gasteiger partial charge in [0.1, 0.15) is 12.2 Å². The van der Waals surface area contributed by atoms with Crippen LogP contribution in [0, 0.1) is 5.92 Å². The van der Waals surface area contributed by atoms with Gasteiger partial charge in [-0.25, -0.2) is 0 Å². The van der Waals surface area contributed by atoms with Crippen LogP contribution in [-0.2, 0) is 9.59 Å². The topological polar surface area (TPSA) is 128 Å². The number of nitrogens with one attached hydrogen (secondary N) is 2. The first-order valence-corrected chi connectivity index (χ1v) is 11.8. The molecule has 0 aromatic rings. The van der Waals surface area contributed by atoms with Crippen molar-refractivity contribution in [2.75, 3.05) is 32.7 Å². The molecule has 0 bridgehead atoms. The van der Waals surface area contributed by atoms with Crippen LogP contribution >= 0.6 is 24.8 Å². The number of nitrogens with two attached hydrogens (primary N) is 1. The standard InChI is InChI=1S/C22H44N4O4.2ClH/c1-3-5-12-24-21(29)19(27)15-26(14-18(23)17-10-8-7-9-11-17)16-20(28)22(30)25-13-6-4-2;;/h17-20,27-28H,3-16,23H2,1-2H3,(H,24,29)(H,25,30);2*1H. The Kier molecular flexibility index (Phi) is 20.7. The summed E-state index contributed by atoms with van der Waals surface area (Å²) in [6.07, 6.45) is 6.90. The van der Waals surface area contributed by atoms with Gasteiger partial charge in [0.15, 0.2) is 0 Å². The first-order chi connectivity index (χ1) is 14.4. The number of hydrogen-bond donors (Lipinski definition) is 5. The van der Waals surface area contributed by atoms with Gasteiger partial charge in [0.25, 0.3) is 0 Å². The molecule has 3 atom stereocenters. The fourth-order valence-corrected chi connectivity index (χ4v) is 3.90. The van der Waals surface area contributed by atoms with Crippen molar-refractivity contribution in [1.29, 1.82) is 0 Å². The summed E-state index contributed by atoms with van der Waals surface area (Å²) in [6.45, 7) is 5.62. The second kappa shape index (κ2) is 19.8. The number of aliphatic hydroxyl groups excluding tert-OH is 2. The van der Waals surface area contributed by atoms with Crippen LogP contribution in [0.2, 0.25) is 0 Å². The molecule has 1 aliphatic rings. The molecule has 0 spiro atoms. The third kappa shape index (κ3) is 13.8. The summed E-state index contributed by atoms with van der Waals surface area (Å²) in [5.41, 5.74) is 6.44. The molecule has 2 amide bonds. The summed E-state index contributed by atoms with van der Waals surface area (Å²) in [7, 11) is 0. The molecule has 0 aliphatic heterocycles. The van der Waals surface area contributed by atoms with E-state index in [1.807, 2.05) is 13.8 Å². The Bertz CT molecular complexity index is 467. The SMILES string of the molecule is CCCCNC(=O)C(O)CN(CC(O)C(=O)NCCCC)CC(N)C1CCCCC1.Cl.Cl. The zero-order valence-electron chi connectivity index (χ0n) is 19.8. The average molecular weight is 502 g/mol. The van der Waals surface area contributed by atoms with E-state index in [1.165, 1.54) is 19.3 Å². The third-order valence-electron chi connectivity index (χ3n) is 5.85. The Morgan fingerprint density at radius 3 is 1.72 bits per heavy atom. The van der Waals surface area contributed by atoms with Crippen molar-refractivity contribution in [3.05, 3.63) is 0 Å². The minimum atomic E-state index is -1.23. The largest absolute Gasteiger partial charge is 0.382 e. The first-order valence-electron chi connectivity index (χ1n) is 11.8. The predicted molar refractivity (Wildman–Crippen MR) is 133 cm³/mol. The molecular weight excluding hydrogens is 455 g/mol. The lowest BCUT2D eigenvalue weighted by Crippen LogP contribution is -2.52. The molecule has 0 radical (unpaired) electrons. The van der Waals surface area contributed by atoms with Gasteiger partial charge in [-0.3, -0.25) is 14.5 Å². The Morgan fingerprint density at radius 1 is 0.875 bits per heavy atom. The van der Waals surface area contributed by atoms with Gasteiger partial charge >= 0.3 is 0 Å². The normalized spacial score (nSPS) is 16.9. The van der Waals surface area contributed by atoms with Crippen LogP contribution in [0.25, 0.3) is 0 Å². The maximum atomic E-state index is 12.2. The van der Waals surface area contributed by atoms with Gasteiger partial charge in [-0.2, -0.15) is 0 Å². The summed E-state index contributed by atoms with van der Waals surface area (Å²) in [6, 6.07) is -0.115. The Labute approximate surface area is 206 Å². The van der Waals surface area contributed by atoms with Crippen LogP contribution in [0.5, 0.6) is 0 Å². The molecule has 32 heavy (non-hydrogen) atoms. The van der Waals surface area contributed by atoms with E-state index in [1.54, 1.807) is 4.90 Å². The molecular formula is C22H46Cl2N4O4. The van der Waals surface area contributed by atoms with E-state index in [0.29, 0.717) is 25.6 Å². The second-order valence-electron chi connectivity index (χ2n) is 8.60. The Morgan fingerprint density at radius 2 is 1.31 bits per heavy atom. The molecule has 192 valence electrons. The van der Waals surface area contributed by atoms with Gasteiger partial charge in [0.05, 0.1) is 0 Å². The number of halogens is 2. The first kappa shape index (κ1) is 33.5. The summed E-state index contributed by atoms with van der Waals surface area (Å²) in [4.78, 5) is 26.1. The highest BCUT2D eigenvalue weighted by Crippen LogP contribution is 2.26. The number of unbranched alkanes of at least 4 members (excludes halogenated alkanes) is 2. The second-order valence-corrected chi connectivity index (χ2v) is 8.60. The molecule has 1 rings (SSSR count). The van der Waals surface area contributed by atoms with Crippen LogP contribution in [0.4, 0.5) is 0 Å². The summed E-state index contributed by atoms with van der Waals surface area (Å²) >= 11 is 0. The smallest absolute Gasteiger partial charge is 0.250 e. The van der Waals surface area contributed by atoms with Crippen LogP contribution < -0.4 is 16.4 Å². The van der Waals surface area contributed by atoms with Gasteiger partial charge in [-0.05, 0) is 31.6 Å². The Balaban J connectivity index is 0. The van der Waals surface area contributed by atoms with Crippen molar-refractivity contribution in [2.24, 2.45) is 11.7 Å². The maximum absolute atomic E-state index is 12.2. The lowest BCUT2D eigenvalue weighted by atomic mass is 9.84. The fraction of sp³-hybridized carbons (Fsp3) is 0.909. The number of hydrogen-bond acceptors (Lipinski definition) is 6. The number of rotatable bonds is 15. The lowest BCUT2D eigenvalue weighted by molar-refractivity contribution is -0.132. The van der Waals surface area contributed by atoms with E-state index in [4.69, 9.17) is 5.73 Å². The fourth-order valence-electron chi connectivity index (χ4n) is 3.90. The molecule has 3 unspecified atom stereocenters. The third-order valence-corrected chi connectivity index (χ3v) is 5.85. The number of nitrogens with zero attached hydrogens (tertiary/aromatic N) is 1. The van der Waals surface area contributed by atoms with Crippen molar-refractivity contribution in [3.8, 4) is 0 Å². The minimum absolute atomic E-state index is 0. The highest BCUT2D eigenvalue weighted by molar-refractivity contribution is 5.85. The number of carbonyl (C=O) groups excluding carboxylic acids is 2. The summed E-state index contributed by atoms with van der Waals surface area (Å²) in [5.74, 6) is -0.463. The highest BCUT2D eigenvalue weighted by atomic mass is 35.5. The Hall–Kier alpha value is -0.640. The molecule has 1 aliphatic carbocycles. The van der Waals surface area contributed by atoms with Crippen LogP contribution in [0.15, 0.2) is 0 Å². The monoisotopic (exact) mass is 500 g/mol. The van der Waals surface area contributed by atoms with E-state index in [9.17, 15) is 19.8 Å². The van der Waals surface area contributed by atoms with E-state index in [2.05, 4.69) is 10.6 Å². The van der Waals surface area contributed by atoms with Gasteiger partial charge in [-0.15, -0.1) is 24.8 Å². The molecule has 0 heterocycles. The number of carbonyl (C=O) groups is 2. The van der Waals surface area contributed by atoms with Gasteiger partial charge in [0, 0.05) is 38.8 Å². The van der Waals surface area contributed by atoms with Crippen LogP contribution in [0.1, 0.15) is 71.6 Å². The summed E-state index contributed by atoms with van der Waals surface area (Å²) < 4.78 is 0. The number of amides is 2. The maximum Gasteiger partial charge on any atom is 0.250 e. The lowest BCUT2D eigenvalue weighted by Gasteiger charge is -2.33. The average Bonchev–Trinajstić information content (AvgIpc) is 2.74. The minimum Gasteiger partial charge on any atom is -0.382 e. The number of aliphatic hydroxyl groups is 2. The van der Waals surface area contributed by atoms with E-state index in [-0.39, 0.29) is 43.9 Å². The van der Waals surface area contributed by atoms with Crippen molar-refractivity contribution >= 4 is 36.6 Å². The van der Waals surface area contributed by atoms with Gasteiger partial charge in [0.2, 0.25) is 11.8 Å². The van der Waals surface area contributed by atoms with Crippen molar-refractivity contribution in [3.63, 3.8) is 0 Å². The zero-order chi connectivity index (χ0) is 22.4. The van der Waals surface area contributed by atoms with E-state index in [0.717, 1.165) is 38.5 Å². The molecule has 10 heteroatoms. The summed E-state index contributed by atoms with van der Waals surface area (Å²) in [5, 5.41) is 26.2. The molecule has 1 fully saturated rings. The van der Waals surface area contributed by atoms with Crippen molar-refractivity contribution < 1.29 is 19.8 Å². The van der Waals surface area contributed by atoms with Gasteiger partial charge < -0.3 is 26.6 Å². The molecule has 1 saturated carbocycles. The predicted octanol–water partition coefficient (Wildman–Crippen LogP) is 1.59. The molecule has 0 saturated heterocycles. The van der Waals surface area contributed by atoms with Crippen LogP contribution in [-0.4, -0.2) is 77.9 Å². The molecule has 0 aromatic heterocycles. The van der Waals surface area contributed by atoms with Crippen molar-refractivity contribution in [2.45, 2.75) is 89.9 Å². The van der Waals surface area contributed by atoms with Crippen LogP contribution in [0.3, 0.4) is 0 Å². The van der Waals surface area contributed by atoms with Gasteiger partial charge in [-0.1, -0.05) is 46.0 Å². The zero-order valence-corrected chi connectivity index (χ0v) is 21.4. The molecule has 0 aromatic carbocycles. The molecule has 6 N–H and O–H groups in total. The highest BCUT2D eigenvalue weighted by Gasteiger charge is 2.28. The van der Waals surface area contributed by atoms with E-state index >= 15 is 0 Å². The van der Waals surface area contributed by atoms with Crippen molar-refractivity contribution in [1.82, 2.24) is 15.5 Å². The molecule has 8 nitrogen and oxygen atoms in total. The van der Waals surface area contributed by atoms with E-state index < -0.39 is 24.0 Å².